The van der Waals surface area contributed by atoms with Crippen LogP contribution in [0.15, 0.2) is 66.8 Å². The maximum atomic E-state index is 3.72. The fraction of sp³-hybridized carbons (Fsp3) is 0.118. The number of benzene rings is 1. The first-order valence-electron chi connectivity index (χ1n) is 5.70. The molecular formula is C17H17ClTi. The van der Waals surface area contributed by atoms with Gasteiger partial charge in [-0.3, -0.25) is 12.2 Å². The monoisotopic (exact) mass is 304 g/mol. The van der Waals surface area contributed by atoms with Gasteiger partial charge in [-0.25, -0.2) is 24.3 Å². The molecule has 2 aliphatic rings. The molecule has 1 aromatic carbocycles. The van der Waals surface area contributed by atoms with Crippen LogP contribution >= 0.6 is 0 Å². The molecule has 0 fully saturated rings. The molecule has 0 saturated heterocycles. The third kappa shape index (κ3) is 13.3. The van der Waals surface area contributed by atoms with E-state index in [1.165, 1.54) is 0 Å². The van der Waals surface area contributed by atoms with E-state index in [4.69, 9.17) is 0 Å². The van der Waals surface area contributed by atoms with Crippen LogP contribution in [0.25, 0.3) is 0 Å². The van der Waals surface area contributed by atoms with Gasteiger partial charge in [0.15, 0.2) is 0 Å². The summed E-state index contributed by atoms with van der Waals surface area (Å²) in [5.41, 5.74) is 1.07. The van der Waals surface area contributed by atoms with E-state index in [1.807, 2.05) is 54.6 Å². The van der Waals surface area contributed by atoms with Gasteiger partial charge in [0.05, 0.1) is 0 Å². The first-order valence-corrected chi connectivity index (χ1v) is 5.70. The van der Waals surface area contributed by atoms with Crippen molar-refractivity contribution in [2.75, 3.05) is 0 Å². The summed E-state index contributed by atoms with van der Waals surface area (Å²) in [6.45, 7) is 3.72. The Morgan fingerprint density at radius 3 is 1.47 bits per heavy atom. The number of hydrogen-bond donors (Lipinski definition) is 0. The molecule has 3 rings (SSSR count). The molecule has 0 aliphatic heterocycles. The summed E-state index contributed by atoms with van der Waals surface area (Å²) in [7, 11) is 0. The SMILES string of the molecule is [C-]1=CC=CC1.[C-]1=CC=CC1.[CH2-]c1ccccc1.[Cl-].[Ti+4]. The summed E-state index contributed by atoms with van der Waals surface area (Å²) < 4.78 is 0. The van der Waals surface area contributed by atoms with E-state index in [0.29, 0.717) is 0 Å². The molecule has 19 heavy (non-hydrogen) atoms. The third-order valence-electron chi connectivity index (χ3n) is 2.01. The molecule has 96 valence electrons. The third-order valence-corrected chi connectivity index (χ3v) is 2.01. The molecule has 2 aliphatic carbocycles. The van der Waals surface area contributed by atoms with Crippen LogP contribution in [-0.2, 0) is 21.7 Å². The topological polar surface area (TPSA) is 0 Å². The summed E-state index contributed by atoms with van der Waals surface area (Å²) in [6, 6.07) is 9.87. The summed E-state index contributed by atoms with van der Waals surface area (Å²) in [6.07, 6.45) is 20.0. The van der Waals surface area contributed by atoms with Crippen molar-refractivity contribution >= 4 is 0 Å². The molecule has 0 unspecified atom stereocenters. The Bertz CT molecular complexity index is 361. The van der Waals surface area contributed by atoms with Crippen LogP contribution < -0.4 is 12.4 Å². The van der Waals surface area contributed by atoms with E-state index in [0.717, 1.165) is 18.4 Å². The first kappa shape index (κ1) is 20.4. The molecule has 0 radical (unpaired) electrons. The van der Waals surface area contributed by atoms with E-state index in [2.05, 4.69) is 31.2 Å². The van der Waals surface area contributed by atoms with Crippen LogP contribution in [0.1, 0.15) is 18.4 Å². The molecule has 0 heterocycles. The van der Waals surface area contributed by atoms with Crippen LogP contribution in [0.3, 0.4) is 0 Å². The van der Waals surface area contributed by atoms with Crippen LogP contribution in [0.5, 0.6) is 0 Å². The fourth-order valence-electron chi connectivity index (χ4n) is 1.16. The Kier molecular flexibility index (Phi) is 16.2. The molecule has 0 N–H and O–H groups in total. The molecular weight excluding hydrogens is 288 g/mol. The van der Waals surface area contributed by atoms with Gasteiger partial charge in [0.1, 0.15) is 0 Å². The zero-order valence-electron chi connectivity index (χ0n) is 10.9. The second-order valence-electron chi connectivity index (χ2n) is 3.49. The van der Waals surface area contributed by atoms with Crippen molar-refractivity contribution in [2.24, 2.45) is 0 Å². The number of halogens is 1. The van der Waals surface area contributed by atoms with E-state index < -0.39 is 0 Å². The van der Waals surface area contributed by atoms with Gasteiger partial charge in [-0.2, -0.15) is 36.8 Å². The summed E-state index contributed by atoms with van der Waals surface area (Å²) in [5, 5.41) is 0. The predicted octanol–water partition coefficient (Wildman–Crippen LogP) is 1.48. The second-order valence-corrected chi connectivity index (χ2v) is 3.49. The summed E-state index contributed by atoms with van der Waals surface area (Å²) in [5.74, 6) is 0. The Morgan fingerprint density at radius 2 is 1.32 bits per heavy atom. The van der Waals surface area contributed by atoms with E-state index in [9.17, 15) is 0 Å². The molecule has 0 atom stereocenters. The Labute approximate surface area is 138 Å². The van der Waals surface area contributed by atoms with Gasteiger partial charge in [0.2, 0.25) is 0 Å². The van der Waals surface area contributed by atoms with Gasteiger partial charge < -0.3 is 12.4 Å². The molecule has 1 aromatic rings. The zero-order valence-corrected chi connectivity index (χ0v) is 13.2. The second kappa shape index (κ2) is 15.1. The van der Waals surface area contributed by atoms with Gasteiger partial charge in [0.25, 0.3) is 0 Å². The molecule has 0 amide bonds. The van der Waals surface area contributed by atoms with Crippen molar-refractivity contribution in [2.45, 2.75) is 12.8 Å². The van der Waals surface area contributed by atoms with Gasteiger partial charge in [-0.05, 0) is 0 Å². The van der Waals surface area contributed by atoms with Crippen molar-refractivity contribution in [3.05, 3.63) is 91.4 Å². The van der Waals surface area contributed by atoms with Gasteiger partial charge in [0, 0.05) is 0 Å². The summed E-state index contributed by atoms with van der Waals surface area (Å²) >= 11 is 0. The normalized spacial score (nSPS) is 12.4. The minimum atomic E-state index is 0. The van der Waals surface area contributed by atoms with Crippen molar-refractivity contribution < 1.29 is 34.1 Å². The molecule has 0 spiro atoms. The average molecular weight is 305 g/mol. The van der Waals surface area contributed by atoms with Crippen molar-refractivity contribution in [3.8, 4) is 0 Å². The van der Waals surface area contributed by atoms with Crippen molar-refractivity contribution in [1.82, 2.24) is 0 Å². The standard InChI is InChI=1S/C7H7.2C5H5.ClH.Ti/c1-7-5-3-2-4-6-7;2*1-2-4-5-3-1;;/h2-6H,1H2;2*1-3H,4H2;1H;/q3*-1;;+4/p-1. The molecule has 0 nitrogen and oxygen atoms in total. The predicted molar refractivity (Wildman–Crippen MR) is 74.0 cm³/mol. The largest absolute Gasteiger partial charge is 4.00 e. The maximum Gasteiger partial charge on any atom is 4.00 e. The first-order chi connectivity index (χ1) is 8.39. The van der Waals surface area contributed by atoms with Gasteiger partial charge >= 0.3 is 21.7 Å². The van der Waals surface area contributed by atoms with Crippen molar-refractivity contribution in [1.29, 1.82) is 0 Å². The minimum absolute atomic E-state index is 0. The van der Waals surface area contributed by atoms with Crippen LogP contribution in [0.2, 0.25) is 0 Å². The minimum Gasteiger partial charge on any atom is -1.00 e. The van der Waals surface area contributed by atoms with E-state index >= 15 is 0 Å². The van der Waals surface area contributed by atoms with Crippen LogP contribution in [-0.4, -0.2) is 0 Å². The maximum absolute atomic E-state index is 3.72. The van der Waals surface area contributed by atoms with Crippen molar-refractivity contribution in [3.63, 3.8) is 0 Å². The fourth-order valence-corrected chi connectivity index (χ4v) is 1.16. The van der Waals surface area contributed by atoms with Gasteiger partial charge in [-0.1, -0.05) is 6.07 Å². The molecule has 0 aromatic heterocycles. The Morgan fingerprint density at radius 1 is 0.842 bits per heavy atom. The van der Waals surface area contributed by atoms with E-state index in [1.54, 1.807) is 0 Å². The average Bonchev–Trinajstić information content (AvgIpc) is 3.09. The molecule has 0 saturated carbocycles. The number of rotatable bonds is 0. The molecule has 2 heteroatoms. The smallest absolute Gasteiger partial charge is 1.00 e. The van der Waals surface area contributed by atoms with Gasteiger partial charge in [-0.15, -0.1) is 25.0 Å². The number of allylic oxidation sites excluding steroid dienone is 8. The van der Waals surface area contributed by atoms with Crippen LogP contribution in [0, 0.1) is 19.1 Å². The van der Waals surface area contributed by atoms with Crippen LogP contribution in [0.4, 0.5) is 0 Å². The molecule has 0 bridgehead atoms. The quantitative estimate of drug-likeness (QED) is 0.503. The zero-order chi connectivity index (χ0) is 12.2. The van der Waals surface area contributed by atoms with E-state index in [-0.39, 0.29) is 34.1 Å². The number of hydrogen-bond acceptors (Lipinski definition) is 0. The Hall–Kier alpha value is -0.946. The summed E-state index contributed by atoms with van der Waals surface area (Å²) in [4.78, 5) is 0. The Balaban J connectivity index is 0.